The SMILES string of the molecule is Cn1ccnc1Nc1cc2n(CC(C)(C)C)c(=O)c(C(=O)NC3CC3)c(O)n2n1. The van der Waals surface area contributed by atoms with E-state index in [1.165, 1.54) is 9.08 Å². The lowest BCUT2D eigenvalue weighted by molar-refractivity contribution is 0.0944. The van der Waals surface area contributed by atoms with Crippen LogP contribution in [-0.2, 0) is 13.6 Å². The first-order valence-corrected chi connectivity index (χ1v) is 9.55. The van der Waals surface area contributed by atoms with Crippen LogP contribution in [0.2, 0.25) is 0 Å². The van der Waals surface area contributed by atoms with Crippen molar-refractivity contribution in [1.82, 2.24) is 29.0 Å². The minimum atomic E-state index is -0.575. The van der Waals surface area contributed by atoms with E-state index in [1.807, 2.05) is 27.8 Å². The summed E-state index contributed by atoms with van der Waals surface area (Å²) in [5.41, 5.74) is -0.669. The van der Waals surface area contributed by atoms with E-state index in [-0.39, 0.29) is 17.0 Å². The summed E-state index contributed by atoms with van der Waals surface area (Å²) in [7, 11) is 1.83. The van der Waals surface area contributed by atoms with E-state index in [1.54, 1.807) is 23.0 Å². The van der Waals surface area contributed by atoms with Gasteiger partial charge in [0.1, 0.15) is 5.65 Å². The summed E-state index contributed by atoms with van der Waals surface area (Å²) in [4.78, 5) is 30.0. The Morgan fingerprint density at radius 2 is 2.07 bits per heavy atom. The molecule has 3 aromatic heterocycles. The molecule has 0 spiro atoms. The molecule has 0 aromatic carbocycles. The molecule has 3 heterocycles. The Bertz CT molecular complexity index is 1150. The van der Waals surface area contributed by atoms with Gasteiger partial charge in [0, 0.05) is 38.1 Å². The zero-order valence-corrected chi connectivity index (χ0v) is 16.9. The van der Waals surface area contributed by atoms with Gasteiger partial charge in [-0.3, -0.25) is 14.2 Å². The van der Waals surface area contributed by atoms with Crippen molar-refractivity contribution in [3.63, 3.8) is 0 Å². The van der Waals surface area contributed by atoms with Gasteiger partial charge in [0.2, 0.25) is 11.8 Å². The number of imidazole rings is 1. The van der Waals surface area contributed by atoms with Gasteiger partial charge >= 0.3 is 0 Å². The highest BCUT2D eigenvalue weighted by Crippen LogP contribution is 2.25. The molecule has 1 saturated carbocycles. The molecule has 1 amide bonds. The molecule has 0 aliphatic heterocycles. The minimum Gasteiger partial charge on any atom is -0.492 e. The Morgan fingerprint density at radius 3 is 2.66 bits per heavy atom. The van der Waals surface area contributed by atoms with E-state index in [0.717, 1.165) is 12.8 Å². The van der Waals surface area contributed by atoms with Crippen LogP contribution in [0.1, 0.15) is 44.0 Å². The van der Waals surface area contributed by atoms with Crippen molar-refractivity contribution < 1.29 is 9.90 Å². The Labute approximate surface area is 167 Å². The van der Waals surface area contributed by atoms with Crippen molar-refractivity contribution in [1.29, 1.82) is 0 Å². The molecule has 29 heavy (non-hydrogen) atoms. The summed E-state index contributed by atoms with van der Waals surface area (Å²) in [5.74, 6) is -0.0874. The number of nitrogens with one attached hydrogen (secondary N) is 2. The smallest absolute Gasteiger partial charge is 0.270 e. The maximum absolute atomic E-state index is 13.2. The predicted molar refractivity (Wildman–Crippen MR) is 108 cm³/mol. The summed E-state index contributed by atoms with van der Waals surface area (Å²) in [6.45, 7) is 6.34. The number of anilines is 2. The highest BCUT2D eigenvalue weighted by Gasteiger charge is 2.30. The summed E-state index contributed by atoms with van der Waals surface area (Å²) >= 11 is 0. The largest absolute Gasteiger partial charge is 0.492 e. The van der Waals surface area contributed by atoms with Gasteiger partial charge in [-0.05, 0) is 18.3 Å². The second kappa shape index (κ2) is 6.64. The molecule has 0 atom stereocenters. The Morgan fingerprint density at radius 1 is 1.34 bits per heavy atom. The Balaban J connectivity index is 1.86. The van der Waals surface area contributed by atoms with Crippen LogP contribution in [0.3, 0.4) is 0 Å². The van der Waals surface area contributed by atoms with E-state index in [0.29, 0.717) is 24.0 Å². The highest BCUT2D eigenvalue weighted by molar-refractivity contribution is 5.96. The van der Waals surface area contributed by atoms with Gasteiger partial charge in [0.15, 0.2) is 11.4 Å². The molecule has 10 heteroatoms. The number of rotatable bonds is 5. The molecule has 1 aliphatic rings. The molecule has 3 N–H and O–H groups in total. The first kappa shape index (κ1) is 19.0. The zero-order valence-electron chi connectivity index (χ0n) is 16.9. The summed E-state index contributed by atoms with van der Waals surface area (Å²) in [6.07, 6.45) is 5.19. The minimum absolute atomic E-state index is 0.0614. The molecule has 3 aromatic rings. The van der Waals surface area contributed by atoms with Crippen molar-refractivity contribution in [2.24, 2.45) is 12.5 Å². The van der Waals surface area contributed by atoms with Crippen LogP contribution in [0.4, 0.5) is 11.8 Å². The molecule has 4 rings (SSSR count). The fourth-order valence-electron chi connectivity index (χ4n) is 3.13. The summed E-state index contributed by atoms with van der Waals surface area (Å²) in [5, 5.41) is 20.9. The highest BCUT2D eigenvalue weighted by atomic mass is 16.3. The molecule has 1 fully saturated rings. The van der Waals surface area contributed by atoms with Crippen LogP contribution >= 0.6 is 0 Å². The lowest BCUT2D eigenvalue weighted by Crippen LogP contribution is -2.37. The average molecular weight is 399 g/mol. The standard InChI is InChI=1S/C19H25N7O3/c1-19(2,3)10-25-13-9-12(22-18-20-7-8-24(18)4)23-26(13)17(29)14(16(25)28)15(27)21-11-5-6-11/h7-9,11,29H,5-6,10H2,1-4H3,(H,21,27)(H,20,22,23). The van der Waals surface area contributed by atoms with Crippen molar-refractivity contribution in [2.75, 3.05) is 5.32 Å². The van der Waals surface area contributed by atoms with E-state index < -0.39 is 17.3 Å². The number of aryl methyl sites for hydroxylation is 1. The first-order valence-electron chi connectivity index (χ1n) is 9.55. The molecular weight excluding hydrogens is 374 g/mol. The van der Waals surface area contributed by atoms with Crippen LogP contribution < -0.4 is 16.2 Å². The maximum Gasteiger partial charge on any atom is 0.270 e. The monoisotopic (exact) mass is 399 g/mol. The van der Waals surface area contributed by atoms with Gasteiger partial charge in [-0.15, -0.1) is 5.10 Å². The summed E-state index contributed by atoms with van der Waals surface area (Å²) < 4.78 is 4.49. The third-order valence-corrected chi connectivity index (χ3v) is 4.68. The van der Waals surface area contributed by atoms with Crippen molar-refractivity contribution >= 4 is 23.3 Å². The van der Waals surface area contributed by atoms with E-state index in [4.69, 9.17) is 0 Å². The van der Waals surface area contributed by atoms with Crippen LogP contribution in [0.15, 0.2) is 23.3 Å². The van der Waals surface area contributed by atoms with Crippen LogP contribution in [0.25, 0.3) is 5.65 Å². The number of hydrogen-bond acceptors (Lipinski definition) is 6. The Kier molecular flexibility index (Phi) is 4.36. The van der Waals surface area contributed by atoms with Gasteiger partial charge in [-0.1, -0.05) is 20.8 Å². The number of carbonyl (C=O) groups excluding carboxylic acids is 1. The third kappa shape index (κ3) is 3.69. The molecule has 10 nitrogen and oxygen atoms in total. The van der Waals surface area contributed by atoms with Crippen LogP contribution in [0.5, 0.6) is 5.88 Å². The molecule has 0 unspecified atom stereocenters. The number of nitrogens with zero attached hydrogens (tertiary/aromatic N) is 5. The predicted octanol–water partition coefficient (Wildman–Crippen LogP) is 1.62. The topological polar surface area (TPSA) is 118 Å². The molecule has 0 saturated heterocycles. The maximum atomic E-state index is 13.2. The second-order valence-electron chi connectivity index (χ2n) is 8.68. The lowest BCUT2D eigenvalue weighted by atomic mass is 9.97. The zero-order chi connectivity index (χ0) is 20.9. The normalized spacial score (nSPS) is 14.3. The van der Waals surface area contributed by atoms with Crippen LogP contribution in [0, 0.1) is 5.41 Å². The third-order valence-electron chi connectivity index (χ3n) is 4.68. The number of hydrogen-bond donors (Lipinski definition) is 3. The fraction of sp³-hybridized carbons (Fsp3) is 0.474. The van der Waals surface area contributed by atoms with Crippen molar-refractivity contribution in [3.8, 4) is 5.88 Å². The average Bonchev–Trinajstić information content (AvgIpc) is 3.18. The number of fused-ring (bicyclic) bond motifs is 1. The summed E-state index contributed by atoms with van der Waals surface area (Å²) in [6, 6.07) is 1.72. The van der Waals surface area contributed by atoms with Gasteiger partial charge in [-0.25, -0.2) is 4.98 Å². The van der Waals surface area contributed by atoms with E-state index >= 15 is 0 Å². The lowest BCUT2D eigenvalue weighted by Gasteiger charge is -2.21. The van der Waals surface area contributed by atoms with Gasteiger partial charge in [0.05, 0.1) is 0 Å². The first-order chi connectivity index (χ1) is 13.6. The molecular formula is C19H25N7O3. The van der Waals surface area contributed by atoms with Gasteiger partial charge < -0.3 is 20.3 Å². The van der Waals surface area contributed by atoms with E-state index in [2.05, 4.69) is 20.7 Å². The molecule has 1 aliphatic carbocycles. The number of carbonyl (C=O) groups is 1. The van der Waals surface area contributed by atoms with Gasteiger partial charge in [-0.2, -0.15) is 4.52 Å². The fourth-order valence-corrected chi connectivity index (χ4v) is 3.13. The van der Waals surface area contributed by atoms with E-state index in [9.17, 15) is 14.7 Å². The second-order valence-corrected chi connectivity index (χ2v) is 8.68. The van der Waals surface area contributed by atoms with Crippen molar-refractivity contribution in [3.05, 3.63) is 34.4 Å². The number of aromatic hydroxyl groups is 1. The number of amides is 1. The van der Waals surface area contributed by atoms with Crippen LogP contribution in [-0.4, -0.2) is 40.8 Å². The molecule has 0 radical (unpaired) electrons. The Hall–Kier alpha value is -3.30. The number of aromatic nitrogens is 5. The van der Waals surface area contributed by atoms with Gasteiger partial charge in [0.25, 0.3) is 11.5 Å². The quantitative estimate of drug-likeness (QED) is 0.600. The van der Waals surface area contributed by atoms with Crippen molar-refractivity contribution in [2.45, 2.75) is 46.2 Å². The molecule has 154 valence electrons. The molecule has 0 bridgehead atoms.